The van der Waals surface area contributed by atoms with Gasteiger partial charge in [-0.25, -0.2) is 4.98 Å². The van der Waals surface area contributed by atoms with Crippen molar-refractivity contribution in [3.63, 3.8) is 0 Å². The van der Waals surface area contributed by atoms with Crippen LogP contribution in [-0.2, 0) is 0 Å². The third-order valence-corrected chi connectivity index (χ3v) is 19.3. The Balaban J connectivity index is 0.812. The van der Waals surface area contributed by atoms with Crippen LogP contribution < -0.4 is 0 Å². The molecule has 7 heteroatoms. The summed E-state index contributed by atoms with van der Waals surface area (Å²) in [6.07, 6.45) is 0. The number of nitrogens with zero attached hydrogens (tertiary/aromatic N) is 6. The zero-order valence-corrected chi connectivity index (χ0v) is 47.6. The molecule has 19 aromatic rings. The first-order valence-corrected chi connectivity index (χ1v) is 30.4. The summed E-state index contributed by atoms with van der Waals surface area (Å²) >= 11 is 1.85. The minimum atomic E-state index is 0.600. The number of fused-ring (bicyclic) bond motifs is 17. The number of benzene rings is 13. The highest BCUT2D eigenvalue weighted by Gasteiger charge is 2.23. The van der Waals surface area contributed by atoms with Crippen molar-refractivity contribution in [1.29, 1.82) is 0 Å². The van der Waals surface area contributed by atoms with Gasteiger partial charge in [-0.05, 0) is 148 Å². The number of hydrogen-bond acceptors (Lipinski definition) is 3. The van der Waals surface area contributed by atoms with Crippen molar-refractivity contribution in [2.45, 2.75) is 0 Å². The van der Waals surface area contributed by atoms with Crippen molar-refractivity contribution in [2.24, 2.45) is 0 Å². The van der Waals surface area contributed by atoms with E-state index in [4.69, 9.17) is 9.97 Å². The van der Waals surface area contributed by atoms with Crippen molar-refractivity contribution < 1.29 is 0 Å². The summed E-state index contributed by atoms with van der Waals surface area (Å²) in [5, 5.41) is 14.5. The Morgan fingerprint density at radius 1 is 0.241 bits per heavy atom. The van der Waals surface area contributed by atoms with Gasteiger partial charge in [-0.3, -0.25) is 9.13 Å². The molecule has 6 heterocycles. The second-order valence-corrected chi connectivity index (χ2v) is 24.0. The number of rotatable bonds is 7. The molecule has 0 radical (unpaired) electrons. The monoisotopic (exact) mass is 1120 g/mol. The molecule has 0 N–H and O–H groups in total. The average molecular weight is 1130 g/mol. The first kappa shape index (κ1) is 48.0. The van der Waals surface area contributed by atoms with Crippen LogP contribution in [0.15, 0.2) is 291 Å². The second kappa shape index (κ2) is 18.6. The average Bonchev–Trinajstić information content (AvgIpc) is 2.18. The Morgan fingerprint density at radius 3 is 1.14 bits per heavy atom. The topological polar surface area (TPSA) is 45.5 Å². The SMILES string of the molecule is c1ccc(-n2c3ccccc3c3cc(-c4ccc5c(c4)c4ccccc4n5-c4cc(-c5ccc6sc7ccc8ccccc8c7c6c5)nc(-n5c6ccccc6c6cc(-c7ccc8c(c7)c7ccccc7n8-c7ccccc7)ccc65)n4)ccc32)cc1. The van der Waals surface area contributed by atoms with Crippen LogP contribution in [0.3, 0.4) is 0 Å². The van der Waals surface area contributed by atoms with E-state index in [-0.39, 0.29) is 0 Å². The van der Waals surface area contributed by atoms with E-state index in [2.05, 4.69) is 309 Å². The van der Waals surface area contributed by atoms with Crippen molar-refractivity contribution in [3.05, 3.63) is 291 Å². The molecule has 0 aliphatic rings. The van der Waals surface area contributed by atoms with E-state index in [9.17, 15) is 0 Å². The molecule has 6 aromatic heterocycles. The van der Waals surface area contributed by atoms with Crippen molar-refractivity contribution in [2.75, 3.05) is 0 Å². The highest BCUT2D eigenvalue weighted by Crippen LogP contribution is 2.44. The van der Waals surface area contributed by atoms with Crippen molar-refractivity contribution >= 4 is 130 Å². The molecule has 0 unspecified atom stereocenters. The molecule has 0 saturated carbocycles. The molecule has 0 fully saturated rings. The van der Waals surface area contributed by atoms with Crippen LogP contribution >= 0.6 is 11.3 Å². The molecule has 13 aromatic carbocycles. The van der Waals surface area contributed by atoms with Gasteiger partial charge in [0.15, 0.2) is 0 Å². The predicted molar refractivity (Wildman–Crippen MR) is 366 cm³/mol. The van der Waals surface area contributed by atoms with Gasteiger partial charge in [0.25, 0.3) is 0 Å². The van der Waals surface area contributed by atoms with Gasteiger partial charge in [0.1, 0.15) is 5.82 Å². The van der Waals surface area contributed by atoms with E-state index in [1.54, 1.807) is 0 Å². The molecule has 0 aliphatic carbocycles. The largest absolute Gasteiger partial charge is 0.309 e. The lowest BCUT2D eigenvalue weighted by Crippen LogP contribution is -2.07. The summed E-state index contributed by atoms with van der Waals surface area (Å²) in [5.41, 5.74) is 17.8. The van der Waals surface area contributed by atoms with E-state index in [0.717, 1.165) is 88.8 Å². The normalized spacial score (nSPS) is 12.1. The number of hydrogen-bond donors (Lipinski definition) is 0. The molecule has 404 valence electrons. The van der Waals surface area contributed by atoms with Crippen LogP contribution in [0.25, 0.3) is 175 Å². The highest BCUT2D eigenvalue weighted by molar-refractivity contribution is 7.26. The van der Waals surface area contributed by atoms with Crippen molar-refractivity contribution in [1.82, 2.24) is 28.2 Å². The van der Waals surface area contributed by atoms with Crippen molar-refractivity contribution in [3.8, 4) is 56.7 Å². The zero-order chi connectivity index (χ0) is 56.8. The fourth-order valence-corrected chi connectivity index (χ4v) is 15.4. The van der Waals surface area contributed by atoms with E-state index in [0.29, 0.717) is 5.95 Å². The lowest BCUT2D eigenvalue weighted by molar-refractivity contribution is 0.952. The maximum absolute atomic E-state index is 5.74. The first-order chi connectivity index (χ1) is 43.1. The van der Waals surface area contributed by atoms with Gasteiger partial charge in [-0.15, -0.1) is 11.3 Å². The lowest BCUT2D eigenvalue weighted by atomic mass is 10.0. The van der Waals surface area contributed by atoms with Gasteiger partial charge in [0.05, 0.1) is 49.8 Å². The Kier molecular flexibility index (Phi) is 10.2. The van der Waals surface area contributed by atoms with Crippen LogP contribution in [-0.4, -0.2) is 28.2 Å². The lowest BCUT2D eigenvalue weighted by Gasteiger charge is -2.14. The molecule has 0 amide bonds. The number of para-hydroxylation sites is 6. The van der Waals surface area contributed by atoms with E-state index >= 15 is 0 Å². The maximum atomic E-state index is 5.74. The molecular weight excluding hydrogens is 1080 g/mol. The van der Waals surface area contributed by atoms with E-state index in [1.807, 2.05) is 11.3 Å². The van der Waals surface area contributed by atoms with Gasteiger partial charge >= 0.3 is 0 Å². The molecule has 0 bridgehead atoms. The Bertz CT molecular complexity index is 5780. The summed E-state index contributed by atoms with van der Waals surface area (Å²) in [4.78, 5) is 11.4. The maximum Gasteiger partial charge on any atom is 0.237 e. The molecule has 0 saturated heterocycles. The van der Waals surface area contributed by atoms with Gasteiger partial charge in [0.2, 0.25) is 5.95 Å². The fraction of sp³-hybridized carbons (Fsp3) is 0. The summed E-state index contributed by atoms with van der Waals surface area (Å²) in [6, 6.07) is 106. The second-order valence-electron chi connectivity index (χ2n) is 22.9. The summed E-state index contributed by atoms with van der Waals surface area (Å²) in [6.45, 7) is 0. The van der Waals surface area contributed by atoms with Crippen LogP contribution in [0.4, 0.5) is 0 Å². The summed E-state index contributed by atoms with van der Waals surface area (Å²) < 4.78 is 11.9. The quantitative estimate of drug-likeness (QED) is 0.160. The summed E-state index contributed by atoms with van der Waals surface area (Å²) in [7, 11) is 0. The fourth-order valence-electron chi connectivity index (χ4n) is 14.3. The molecule has 87 heavy (non-hydrogen) atoms. The predicted octanol–water partition coefficient (Wildman–Crippen LogP) is 21.4. The van der Waals surface area contributed by atoms with Crippen LogP contribution in [0.2, 0.25) is 0 Å². The molecular formula is C80H48N6S. The van der Waals surface area contributed by atoms with Gasteiger partial charge in [0, 0.05) is 86.3 Å². The standard InChI is InChI=1S/C80H48N6S/c1-3-18-55(19-4-1)83-68-27-13-9-23-58(68)62-43-50(31-37-72(62)83)52-33-39-74-64(45-52)60-25-11-15-29-70(60)85(74)78-48-67(54-36-41-76-66(47-54)79-57-22-8-7-17-49(57)35-42-77(79)87-76)81-80(82-78)86-71-30-16-12-26-61(71)65-46-53(34-40-75(65)86)51-32-38-73-63(44-51)59-24-10-14-28-69(59)84(73)56-20-5-2-6-21-56/h1-48H. The zero-order valence-electron chi connectivity index (χ0n) is 46.8. The van der Waals surface area contributed by atoms with Gasteiger partial charge in [-0.2, -0.15) is 4.98 Å². The first-order valence-electron chi connectivity index (χ1n) is 29.6. The van der Waals surface area contributed by atoms with E-state index in [1.165, 1.54) is 80.1 Å². The molecule has 0 aliphatic heterocycles. The minimum absolute atomic E-state index is 0.600. The Hall–Kier alpha value is -11.4. The van der Waals surface area contributed by atoms with Crippen LogP contribution in [0, 0.1) is 0 Å². The molecule has 19 rings (SSSR count). The third kappa shape index (κ3) is 7.21. The highest BCUT2D eigenvalue weighted by atomic mass is 32.1. The summed E-state index contributed by atoms with van der Waals surface area (Å²) in [5.74, 6) is 1.39. The Morgan fingerprint density at radius 2 is 0.621 bits per heavy atom. The third-order valence-electron chi connectivity index (χ3n) is 18.2. The number of thiophene rings is 1. The van der Waals surface area contributed by atoms with Gasteiger partial charge in [-0.1, -0.05) is 170 Å². The molecule has 0 atom stereocenters. The minimum Gasteiger partial charge on any atom is -0.309 e. The molecule has 6 nitrogen and oxygen atoms in total. The van der Waals surface area contributed by atoms with Crippen LogP contribution in [0.1, 0.15) is 0 Å². The smallest absolute Gasteiger partial charge is 0.237 e. The van der Waals surface area contributed by atoms with Crippen LogP contribution in [0.5, 0.6) is 0 Å². The Labute approximate surface area is 502 Å². The van der Waals surface area contributed by atoms with E-state index < -0.39 is 0 Å². The molecule has 0 spiro atoms. The van der Waals surface area contributed by atoms with Gasteiger partial charge < -0.3 is 9.13 Å². The number of aromatic nitrogens is 6.